The molecule has 0 aliphatic carbocycles. The zero-order chi connectivity index (χ0) is 12.3. The molecule has 0 spiro atoms. The van der Waals surface area contributed by atoms with Gasteiger partial charge in [0.05, 0.1) is 0 Å². The fraction of sp³-hybridized carbons (Fsp3) is 0.600. The molecule has 0 bridgehead atoms. The van der Waals surface area contributed by atoms with Crippen LogP contribution in [0.1, 0.15) is 38.3 Å². The molecule has 0 aromatic heterocycles. The van der Waals surface area contributed by atoms with Crippen LogP contribution in [0.5, 0.6) is 0 Å². The molecule has 2 nitrogen and oxygen atoms in total. The van der Waals surface area contributed by atoms with Crippen LogP contribution in [0, 0.1) is 0 Å². The van der Waals surface area contributed by atoms with Gasteiger partial charge in [-0.25, -0.2) is 0 Å². The Labute approximate surface area is 105 Å². The standard InChI is InChI=1S/C15H24N2/c1-4-15(13-8-6-5-7-9-13)16-14-10-12(2)17(3)11-14/h5-9,12,14-16H,4,10-11H2,1-3H3. The summed E-state index contributed by atoms with van der Waals surface area (Å²) in [4.78, 5) is 2.44. The van der Waals surface area contributed by atoms with Crippen LogP contribution >= 0.6 is 0 Å². The van der Waals surface area contributed by atoms with Gasteiger partial charge in [-0.05, 0) is 32.4 Å². The van der Waals surface area contributed by atoms with Crippen LogP contribution in [-0.2, 0) is 0 Å². The summed E-state index contributed by atoms with van der Waals surface area (Å²) in [6.07, 6.45) is 2.42. The Morgan fingerprint density at radius 3 is 2.59 bits per heavy atom. The lowest BCUT2D eigenvalue weighted by atomic mass is 10.0. The van der Waals surface area contributed by atoms with Gasteiger partial charge in [0.2, 0.25) is 0 Å². The Kier molecular flexibility index (Phi) is 4.19. The molecule has 2 rings (SSSR count). The van der Waals surface area contributed by atoms with E-state index >= 15 is 0 Å². The van der Waals surface area contributed by atoms with Crippen LogP contribution in [0.3, 0.4) is 0 Å². The third-order valence-corrected chi connectivity index (χ3v) is 3.93. The highest BCUT2D eigenvalue weighted by atomic mass is 15.2. The number of nitrogens with one attached hydrogen (secondary N) is 1. The average Bonchev–Trinajstić information content (AvgIpc) is 2.67. The van der Waals surface area contributed by atoms with Crippen molar-refractivity contribution in [3.8, 4) is 0 Å². The Bertz CT molecular complexity index is 326. The third kappa shape index (κ3) is 3.08. The van der Waals surface area contributed by atoms with E-state index in [2.05, 4.69) is 61.4 Å². The molecule has 1 saturated heterocycles. The number of hydrogen-bond acceptors (Lipinski definition) is 2. The van der Waals surface area contributed by atoms with Crippen LogP contribution in [0.15, 0.2) is 30.3 Å². The van der Waals surface area contributed by atoms with E-state index in [1.54, 1.807) is 0 Å². The van der Waals surface area contributed by atoms with Gasteiger partial charge < -0.3 is 10.2 Å². The molecular formula is C15H24N2. The molecular weight excluding hydrogens is 208 g/mol. The summed E-state index contributed by atoms with van der Waals surface area (Å²) in [6.45, 7) is 5.74. The first-order chi connectivity index (χ1) is 8.20. The normalized spacial score (nSPS) is 27.2. The quantitative estimate of drug-likeness (QED) is 0.858. The molecule has 3 atom stereocenters. The van der Waals surface area contributed by atoms with Crippen LogP contribution < -0.4 is 5.32 Å². The molecule has 1 heterocycles. The third-order valence-electron chi connectivity index (χ3n) is 3.93. The maximum absolute atomic E-state index is 3.80. The molecule has 1 aromatic carbocycles. The summed E-state index contributed by atoms with van der Waals surface area (Å²) in [5, 5.41) is 3.80. The van der Waals surface area contributed by atoms with Crippen LogP contribution in [0.25, 0.3) is 0 Å². The minimum Gasteiger partial charge on any atom is -0.306 e. The highest BCUT2D eigenvalue weighted by Crippen LogP contribution is 2.21. The van der Waals surface area contributed by atoms with E-state index in [0.717, 1.165) is 6.42 Å². The van der Waals surface area contributed by atoms with Crippen molar-refractivity contribution < 1.29 is 0 Å². The number of likely N-dealkylation sites (N-methyl/N-ethyl adjacent to an activating group) is 1. The smallest absolute Gasteiger partial charge is 0.0320 e. The van der Waals surface area contributed by atoms with Crippen LogP contribution in [0.2, 0.25) is 0 Å². The second-order valence-corrected chi connectivity index (χ2v) is 5.26. The predicted octanol–water partition coefficient (Wildman–Crippen LogP) is 2.82. The number of hydrogen-bond donors (Lipinski definition) is 1. The van der Waals surface area contributed by atoms with Gasteiger partial charge in [0, 0.05) is 24.7 Å². The van der Waals surface area contributed by atoms with Gasteiger partial charge in [-0.1, -0.05) is 37.3 Å². The molecule has 0 radical (unpaired) electrons. The van der Waals surface area contributed by atoms with Crippen molar-refractivity contribution in [1.82, 2.24) is 10.2 Å². The van der Waals surface area contributed by atoms with Crippen molar-refractivity contribution in [2.75, 3.05) is 13.6 Å². The van der Waals surface area contributed by atoms with Gasteiger partial charge in [0.15, 0.2) is 0 Å². The van der Waals surface area contributed by atoms with E-state index in [0.29, 0.717) is 18.1 Å². The van der Waals surface area contributed by atoms with E-state index in [9.17, 15) is 0 Å². The van der Waals surface area contributed by atoms with Crippen LogP contribution in [-0.4, -0.2) is 30.6 Å². The first-order valence-corrected chi connectivity index (χ1v) is 6.72. The number of benzene rings is 1. The predicted molar refractivity (Wildman–Crippen MR) is 73.1 cm³/mol. The van der Waals surface area contributed by atoms with E-state index in [1.807, 2.05) is 0 Å². The minimum atomic E-state index is 0.500. The van der Waals surface area contributed by atoms with Gasteiger partial charge in [0.1, 0.15) is 0 Å². The lowest BCUT2D eigenvalue weighted by Crippen LogP contribution is -2.34. The van der Waals surface area contributed by atoms with E-state index in [4.69, 9.17) is 0 Å². The monoisotopic (exact) mass is 232 g/mol. The van der Waals surface area contributed by atoms with E-state index < -0.39 is 0 Å². The van der Waals surface area contributed by atoms with Crippen molar-refractivity contribution in [2.45, 2.75) is 44.8 Å². The summed E-state index contributed by atoms with van der Waals surface area (Å²) in [7, 11) is 2.22. The fourth-order valence-electron chi connectivity index (χ4n) is 2.73. The van der Waals surface area contributed by atoms with E-state index in [-0.39, 0.29) is 0 Å². The molecule has 1 fully saturated rings. The summed E-state index contributed by atoms with van der Waals surface area (Å²) in [5.41, 5.74) is 1.41. The topological polar surface area (TPSA) is 15.3 Å². The summed E-state index contributed by atoms with van der Waals surface area (Å²) in [5.74, 6) is 0. The first-order valence-electron chi connectivity index (χ1n) is 6.72. The molecule has 0 saturated carbocycles. The lowest BCUT2D eigenvalue weighted by molar-refractivity contribution is 0.324. The molecule has 0 amide bonds. The van der Waals surface area contributed by atoms with Crippen molar-refractivity contribution in [2.24, 2.45) is 0 Å². The molecule has 1 aromatic rings. The zero-order valence-corrected chi connectivity index (χ0v) is 11.2. The van der Waals surface area contributed by atoms with Gasteiger partial charge >= 0.3 is 0 Å². The fourth-order valence-corrected chi connectivity index (χ4v) is 2.73. The molecule has 3 unspecified atom stereocenters. The molecule has 17 heavy (non-hydrogen) atoms. The maximum Gasteiger partial charge on any atom is 0.0320 e. The number of rotatable bonds is 4. The summed E-state index contributed by atoms with van der Waals surface area (Å²) in [6, 6.07) is 12.6. The second-order valence-electron chi connectivity index (χ2n) is 5.26. The van der Waals surface area contributed by atoms with Gasteiger partial charge in [0.25, 0.3) is 0 Å². The van der Waals surface area contributed by atoms with Gasteiger partial charge in [-0.15, -0.1) is 0 Å². The largest absolute Gasteiger partial charge is 0.306 e. The maximum atomic E-state index is 3.80. The van der Waals surface area contributed by atoms with Gasteiger partial charge in [-0.2, -0.15) is 0 Å². The molecule has 94 valence electrons. The number of likely N-dealkylation sites (tertiary alicyclic amines) is 1. The Hall–Kier alpha value is -0.860. The minimum absolute atomic E-state index is 0.500. The Morgan fingerprint density at radius 2 is 2.06 bits per heavy atom. The Balaban J connectivity index is 1.97. The highest BCUT2D eigenvalue weighted by molar-refractivity contribution is 5.19. The van der Waals surface area contributed by atoms with Crippen molar-refractivity contribution in [3.63, 3.8) is 0 Å². The number of nitrogens with zero attached hydrogens (tertiary/aromatic N) is 1. The van der Waals surface area contributed by atoms with Crippen molar-refractivity contribution in [1.29, 1.82) is 0 Å². The Morgan fingerprint density at radius 1 is 1.35 bits per heavy atom. The average molecular weight is 232 g/mol. The lowest BCUT2D eigenvalue weighted by Gasteiger charge is -2.22. The molecule has 1 aliphatic heterocycles. The second kappa shape index (κ2) is 5.65. The zero-order valence-electron chi connectivity index (χ0n) is 11.2. The molecule has 1 N–H and O–H groups in total. The molecule has 2 heteroatoms. The van der Waals surface area contributed by atoms with Gasteiger partial charge in [-0.3, -0.25) is 0 Å². The molecule has 1 aliphatic rings. The van der Waals surface area contributed by atoms with E-state index in [1.165, 1.54) is 18.5 Å². The first kappa shape index (κ1) is 12.6. The SMILES string of the molecule is CCC(NC1CC(C)N(C)C1)c1ccccc1. The van der Waals surface area contributed by atoms with Crippen LogP contribution in [0.4, 0.5) is 0 Å². The highest BCUT2D eigenvalue weighted by Gasteiger charge is 2.27. The summed E-state index contributed by atoms with van der Waals surface area (Å²) >= 11 is 0. The van der Waals surface area contributed by atoms with Crippen molar-refractivity contribution in [3.05, 3.63) is 35.9 Å². The van der Waals surface area contributed by atoms with Crippen molar-refractivity contribution >= 4 is 0 Å². The summed E-state index contributed by atoms with van der Waals surface area (Å²) < 4.78 is 0.